The number of nitro groups is 1. The smallest absolute Gasteiger partial charge is 0.481 e. The molecule has 0 unspecified atom stereocenters. The maximum atomic E-state index is 12.2. The summed E-state index contributed by atoms with van der Waals surface area (Å²) in [4.78, 5) is 23.6. The first-order valence-electron chi connectivity index (χ1n) is 4.41. The Balaban J connectivity index is 3.43. The zero-order valence-electron chi connectivity index (χ0n) is 8.77. The largest absolute Gasteiger partial charge is 0.573 e. The average molecular weight is 392 g/mol. The van der Waals surface area contributed by atoms with E-state index in [4.69, 9.17) is 5.11 Å². The Morgan fingerprint density at radius 2 is 2.16 bits per heavy atom. The topological polar surface area (TPSA) is 103 Å². The number of aromatic nitrogens is 1. The molecule has 0 aliphatic heterocycles. The molecule has 0 saturated carbocycles. The van der Waals surface area contributed by atoms with Gasteiger partial charge in [0.2, 0.25) is 0 Å². The lowest BCUT2D eigenvalue weighted by Gasteiger charge is -2.13. The number of carbonyl (C=O) groups is 1. The highest BCUT2D eigenvalue weighted by Gasteiger charge is 2.36. The van der Waals surface area contributed by atoms with Crippen molar-refractivity contribution in [1.29, 1.82) is 0 Å². The Morgan fingerprint density at radius 1 is 1.58 bits per heavy atom. The van der Waals surface area contributed by atoms with Crippen LogP contribution in [0.1, 0.15) is 5.56 Å². The van der Waals surface area contributed by atoms with E-state index in [1.165, 1.54) is 22.6 Å². The van der Waals surface area contributed by atoms with E-state index < -0.39 is 40.7 Å². The highest BCUT2D eigenvalue weighted by Crippen LogP contribution is 2.35. The van der Waals surface area contributed by atoms with Gasteiger partial charge in [-0.25, -0.2) is 4.98 Å². The highest BCUT2D eigenvalue weighted by atomic mass is 127. The lowest BCUT2D eigenvalue weighted by molar-refractivity contribution is -0.386. The molecule has 0 radical (unpaired) electrons. The first kappa shape index (κ1) is 15.4. The predicted molar refractivity (Wildman–Crippen MR) is 61.6 cm³/mol. The zero-order valence-corrected chi connectivity index (χ0v) is 10.9. The zero-order chi connectivity index (χ0) is 14.8. The summed E-state index contributed by atoms with van der Waals surface area (Å²) in [5.74, 6) is -2.50. The number of rotatable bonds is 4. The van der Waals surface area contributed by atoms with Crippen LogP contribution in [0.4, 0.5) is 18.9 Å². The number of aliphatic carboxylic acids is 1. The summed E-state index contributed by atoms with van der Waals surface area (Å²) in [6.45, 7) is 0. The summed E-state index contributed by atoms with van der Waals surface area (Å²) >= 11 is 1.36. The van der Waals surface area contributed by atoms with Crippen LogP contribution in [0.15, 0.2) is 6.20 Å². The summed E-state index contributed by atoms with van der Waals surface area (Å²) in [5.41, 5.74) is -1.53. The number of halogens is 4. The molecular formula is C8H4F3IN2O5. The van der Waals surface area contributed by atoms with Crippen LogP contribution in [-0.2, 0) is 11.2 Å². The first-order valence-corrected chi connectivity index (χ1v) is 5.49. The van der Waals surface area contributed by atoms with Gasteiger partial charge in [-0.15, -0.1) is 13.2 Å². The monoisotopic (exact) mass is 392 g/mol. The molecule has 0 atom stereocenters. The molecule has 11 heteroatoms. The fourth-order valence-electron chi connectivity index (χ4n) is 1.19. The van der Waals surface area contributed by atoms with Gasteiger partial charge in [-0.1, -0.05) is 0 Å². The van der Waals surface area contributed by atoms with E-state index in [0.29, 0.717) is 6.20 Å². The van der Waals surface area contributed by atoms with Crippen molar-refractivity contribution in [2.45, 2.75) is 12.8 Å². The molecule has 0 bridgehead atoms. The maximum Gasteiger partial charge on any atom is 0.573 e. The molecule has 0 aromatic carbocycles. The fourth-order valence-corrected chi connectivity index (χ4v) is 1.77. The Labute approximate surface area is 116 Å². The van der Waals surface area contributed by atoms with E-state index in [2.05, 4.69) is 9.72 Å². The first-order chi connectivity index (χ1) is 8.61. The maximum absolute atomic E-state index is 12.2. The molecule has 19 heavy (non-hydrogen) atoms. The van der Waals surface area contributed by atoms with Crippen molar-refractivity contribution in [3.8, 4) is 5.75 Å². The van der Waals surface area contributed by atoms with Crippen molar-refractivity contribution >= 4 is 34.2 Å². The minimum Gasteiger partial charge on any atom is -0.481 e. The summed E-state index contributed by atoms with van der Waals surface area (Å²) in [6.07, 6.45) is -5.41. The SMILES string of the molecule is O=C(O)Cc1c([N+](=O)[O-])cnc(I)c1OC(F)(F)F. The Bertz CT molecular complexity index is 534. The lowest BCUT2D eigenvalue weighted by atomic mass is 10.1. The minimum atomic E-state index is -5.11. The van der Waals surface area contributed by atoms with Crippen LogP contribution in [-0.4, -0.2) is 27.3 Å². The molecule has 0 spiro atoms. The van der Waals surface area contributed by atoms with Gasteiger partial charge in [-0.05, 0) is 22.6 Å². The summed E-state index contributed by atoms with van der Waals surface area (Å²) < 4.78 is 39.9. The number of nitrogens with zero attached hydrogens (tertiary/aromatic N) is 2. The fraction of sp³-hybridized carbons (Fsp3) is 0.250. The van der Waals surface area contributed by atoms with E-state index in [9.17, 15) is 28.1 Å². The van der Waals surface area contributed by atoms with E-state index in [1.807, 2.05) is 0 Å². The van der Waals surface area contributed by atoms with Crippen LogP contribution in [0.5, 0.6) is 5.75 Å². The van der Waals surface area contributed by atoms with Crippen molar-refractivity contribution in [3.05, 3.63) is 25.6 Å². The summed E-state index contributed by atoms with van der Waals surface area (Å²) in [6, 6.07) is 0. The lowest BCUT2D eigenvalue weighted by Crippen LogP contribution is -2.20. The number of carboxylic acids is 1. The minimum absolute atomic E-state index is 0.322. The molecule has 1 heterocycles. The molecule has 1 aromatic rings. The summed E-state index contributed by atoms with van der Waals surface area (Å²) in [5, 5.41) is 19.3. The second-order valence-corrected chi connectivity index (χ2v) is 4.14. The van der Waals surface area contributed by atoms with Crippen molar-refractivity contribution in [2.75, 3.05) is 0 Å². The van der Waals surface area contributed by atoms with Gasteiger partial charge in [0.05, 0.1) is 16.9 Å². The number of pyridine rings is 1. The van der Waals surface area contributed by atoms with Crippen LogP contribution in [0.2, 0.25) is 0 Å². The normalized spacial score (nSPS) is 11.2. The van der Waals surface area contributed by atoms with Gasteiger partial charge in [-0.3, -0.25) is 14.9 Å². The molecule has 0 fully saturated rings. The van der Waals surface area contributed by atoms with Gasteiger partial charge in [0.25, 0.3) is 5.69 Å². The number of ether oxygens (including phenoxy) is 1. The van der Waals surface area contributed by atoms with Gasteiger partial charge in [0.1, 0.15) is 9.90 Å². The number of carboxylic acid groups (broad SMARTS) is 1. The molecule has 1 rings (SSSR count). The van der Waals surface area contributed by atoms with Crippen LogP contribution >= 0.6 is 22.6 Å². The molecule has 0 amide bonds. The van der Waals surface area contributed by atoms with Gasteiger partial charge in [0, 0.05) is 0 Å². The Hall–Kier alpha value is -1.66. The Kier molecular flexibility index (Phi) is 4.49. The summed E-state index contributed by atoms with van der Waals surface area (Å²) in [7, 11) is 0. The van der Waals surface area contributed by atoms with E-state index >= 15 is 0 Å². The third-order valence-electron chi connectivity index (χ3n) is 1.81. The highest BCUT2D eigenvalue weighted by molar-refractivity contribution is 14.1. The second kappa shape index (κ2) is 5.54. The van der Waals surface area contributed by atoms with Gasteiger partial charge >= 0.3 is 12.3 Å². The van der Waals surface area contributed by atoms with E-state index in [1.54, 1.807) is 0 Å². The molecule has 1 aromatic heterocycles. The third kappa shape index (κ3) is 4.18. The van der Waals surface area contributed by atoms with Gasteiger partial charge in [-0.2, -0.15) is 0 Å². The third-order valence-corrected chi connectivity index (χ3v) is 2.58. The van der Waals surface area contributed by atoms with Crippen molar-refractivity contribution in [1.82, 2.24) is 4.98 Å². The van der Waals surface area contributed by atoms with Crippen LogP contribution in [0.25, 0.3) is 0 Å². The predicted octanol–water partition coefficient (Wildman–Crippen LogP) is 2.12. The molecule has 0 saturated heterocycles. The van der Waals surface area contributed by atoms with Crippen LogP contribution in [0, 0.1) is 13.8 Å². The number of hydrogen-bond donors (Lipinski definition) is 1. The Morgan fingerprint density at radius 3 is 2.58 bits per heavy atom. The van der Waals surface area contributed by atoms with E-state index in [0.717, 1.165) is 0 Å². The molecule has 1 N–H and O–H groups in total. The molecule has 104 valence electrons. The molecule has 7 nitrogen and oxygen atoms in total. The second-order valence-electron chi connectivity index (χ2n) is 3.12. The molecule has 0 aliphatic carbocycles. The molecular weight excluding hydrogens is 388 g/mol. The van der Waals surface area contributed by atoms with Gasteiger partial charge in [0.15, 0.2) is 5.75 Å². The van der Waals surface area contributed by atoms with Gasteiger partial charge < -0.3 is 9.84 Å². The van der Waals surface area contributed by atoms with Crippen LogP contribution in [0.3, 0.4) is 0 Å². The van der Waals surface area contributed by atoms with Crippen molar-refractivity contribution in [3.63, 3.8) is 0 Å². The quantitative estimate of drug-likeness (QED) is 0.365. The van der Waals surface area contributed by atoms with Crippen molar-refractivity contribution < 1.29 is 32.7 Å². The molecule has 0 aliphatic rings. The number of hydrogen-bond acceptors (Lipinski definition) is 5. The average Bonchev–Trinajstić information content (AvgIpc) is 2.20. The standard InChI is InChI=1S/C8H4F3IN2O5/c9-8(10,11)19-6-3(1-5(15)16)4(14(17)18)2-13-7(6)12/h2H,1H2,(H,15,16). The number of alkyl halides is 3. The van der Waals surface area contributed by atoms with Crippen LogP contribution < -0.4 is 4.74 Å². The van der Waals surface area contributed by atoms with Crippen molar-refractivity contribution in [2.24, 2.45) is 0 Å². The van der Waals surface area contributed by atoms with E-state index in [-0.39, 0.29) is 3.70 Å².